The molecule has 1 aliphatic rings. The zero-order valence-electron chi connectivity index (χ0n) is 9.90. The minimum Gasteiger partial charge on any atom is -0.497 e. The SMILES string of the molecule is COc1ccc(C2(C)CC(N)CCO2)cc1. The van der Waals surface area contributed by atoms with E-state index in [1.807, 2.05) is 12.1 Å². The van der Waals surface area contributed by atoms with E-state index in [-0.39, 0.29) is 11.6 Å². The number of hydrogen-bond donors (Lipinski definition) is 1. The molecule has 2 N–H and O–H groups in total. The van der Waals surface area contributed by atoms with E-state index in [9.17, 15) is 0 Å². The zero-order chi connectivity index (χ0) is 11.6. The van der Waals surface area contributed by atoms with Crippen molar-refractivity contribution in [3.63, 3.8) is 0 Å². The summed E-state index contributed by atoms with van der Waals surface area (Å²) in [5.41, 5.74) is 6.92. The number of benzene rings is 1. The maximum atomic E-state index is 6.00. The minimum absolute atomic E-state index is 0.237. The number of methoxy groups -OCH3 is 1. The molecular weight excluding hydrogens is 202 g/mol. The van der Waals surface area contributed by atoms with Crippen LogP contribution in [-0.4, -0.2) is 19.8 Å². The predicted molar refractivity (Wildman–Crippen MR) is 63.5 cm³/mol. The molecule has 0 spiro atoms. The van der Waals surface area contributed by atoms with Crippen LogP contribution in [0.25, 0.3) is 0 Å². The largest absolute Gasteiger partial charge is 0.497 e. The van der Waals surface area contributed by atoms with Crippen LogP contribution in [0.4, 0.5) is 0 Å². The molecule has 0 aliphatic carbocycles. The summed E-state index contributed by atoms with van der Waals surface area (Å²) >= 11 is 0. The predicted octanol–water partition coefficient (Wildman–Crippen LogP) is 2.05. The second-order valence-corrected chi connectivity index (χ2v) is 4.56. The van der Waals surface area contributed by atoms with Crippen molar-refractivity contribution in [3.8, 4) is 5.75 Å². The fourth-order valence-electron chi connectivity index (χ4n) is 2.24. The van der Waals surface area contributed by atoms with Crippen LogP contribution < -0.4 is 10.5 Å². The molecule has 2 atom stereocenters. The van der Waals surface area contributed by atoms with E-state index in [0.29, 0.717) is 0 Å². The Morgan fingerprint density at radius 2 is 2.06 bits per heavy atom. The summed E-state index contributed by atoms with van der Waals surface area (Å²) in [5, 5.41) is 0. The van der Waals surface area contributed by atoms with Gasteiger partial charge in [0.25, 0.3) is 0 Å². The average Bonchev–Trinajstić information content (AvgIpc) is 2.29. The zero-order valence-corrected chi connectivity index (χ0v) is 9.90. The average molecular weight is 221 g/mol. The van der Waals surface area contributed by atoms with Crippen LogP contribution in [0.3, 0.4) is 0 Å². The molecule has 16 heavy (non-hydrogen) atoms. The molecule has 88 valence electrons. The van der Waals surface area contributed by atoms with Crippen molar-refractivity contribution in [2.45, 2.75) is 31.4 Å². The van der Waals surface area contributed by atoms with Gasteiger partial charge < -0.3 is 15.2 Å². The van der Waals surface area contributed by atoms with Crippen molar-refractivity contribution >= 4 is 0 Å². The topological polar surface area (TPSA) is 44.5 Å². The first-order valence-corrected chi connectivity index (χ1v) is 5.68. The molecule has 0 aromatic heterocycles. The molecule has 0 saturated carbocycles. The van der Waals surface area contributed by atoms with Gasteiger partial charge in [-0.15, -0.1) is 0 Å². The lowest BCUT2D eigenvalue weighted by atomic mass is 9.86. The number of rotatable bonds is 2. The Hall–Kier alpha value is -1.06. The van der Waals surface area contributed by atoms with Crippen LogP contribution in [-0.2, 0) is 10.3 Å². The third kappa shape index (κ3) is 2.20. The van der Waals surface area contributed by atoms with Gasteiger partial charge in [-0.05, 0) is 37.5 Å². The smallest absolute Gasteiger partial charge is 0.118 e. The molecule has 1 aromatic carbocycles. The van der Waals surface area contributed by atoms with Gasteiger partial charge in [0.2, 0.25) is 0 Å². The minimum atomic E-state index is -0.246. The number of hydrogen-bond acceptors (Lipinski definition) is 3. The van der Waals surface area contributed by atoms with Gasteiger partial charge in [0.1, 0.15) is 5.75 Å². The van der Waals surface area contributed by atoms with E-state index < -0.39 is 0 Å². The maximum Gasteiger partial charge on any atom is 0.118 e. The highest BCUT2D eigenvalue weighted by atomic mass is 16.5. The summed E-state index contributed by atoms with van der Waals surface area (Å²) in [5.74, 6) is 0.868. The Kier molecular flexibility index (Phi) is 3.17. The first-order chi connectivity index (χ1) is 7.64. The maximum absolute atomic E-state index is 6.00. The standard InChI is InChI=1S/C13H19NO2/c1-13(9-11(14)7-8-16-13)10-3-5-12(15-2)6-4-10/h3-6,11H,7-9,14H2,1-2H3. The summed E-state index contributed by atoms with van der Waals surface area (Å²) < 4.78 is 11.0. The van der Waals surface area contributed by atoms with Gasteiger partial charge in [0.15, 0.2) is 0 Å². The Morgan fingerprint density at radius 1 is 1.38 bits per heavy atom. The van der Waals surface area contributed by atoms with Crippen molar-refractivity contribution in [1.29, 1.82) is 0 Å². The van der Waals surface area contributed by atoms with Crippen LogP contribution in [0.15, 0.2) is 24.3 Å². The van der Waals surface area contributed by atoms with Crippen molar-refractivity contribution in [2.75, 3.05) is 13.7 Å². The lowest BCUT2D eigenvalue weighted by Gasteiger charge is -2.37. The van der Waals surface area contributed by atoms with E-state index in [1.54, 1.807) is 7.11 Å². The lowest BCUT2D eigenvalue weighted by Crippen LogP contribution is -2.40. The monoisotopic (exact) mass is 221 g/mol. The van der Waals surface area contributed by atoms with Crippen LogP contribution in [0.5, 0.6) is 5.75 Å². The quantitative estimate of drug-likeness (QED) is 0.831. The summed E-state index contributed by atoms with van der Waals surface area (Å²) in [7, 11) is 1.67. The summed E-state index contributed by atoms with van der Waals surface area (Å²) in [6, 6.07) is 8.27. The molecule has 1 saturated heterocycles. The van der Waals surface area contributed by atoms with E-state index in [2.05, 4.69) is 19.1 Å². The second-order valence-electron chi connectivity index (χ2n) is 4.56. The third-order valence-electron chi connectivity index (χ3n) is 3.26. The van der Waals surface area contributed by atoms with Crippen LogP contribution in [0.2, 0.25) is 0 Å². The van der Waals surface area contributed by atoms with Crippen LogP contribution in [0.1, 0.15) is 25.3 Å². The Morgan fingerprint density at radius 3 is 2.62 bits per heavy atom. The second kappa shape index (κ2) is 4.44. The molecule has 3 heteroatoms. The summed E-state index contributed by atoms with van der Waals surface area (Å²) in [6.45, 7) is 2.84. The molecular formula is C13H19NO2. The fourth-order valence-corrected chi connectivity index (χ4v) is 2.24. The van der Waals surface area contributed by atoms with E-state index in [0.717, 1.165) is 25.2 Å². The van der Waals surface area contributed by atoms with Gasteiger partial charge >= 0.3 is 0 Å². The molecule has 0 amide bonds. The van der Waals surface area contributed by atoms with Gasteiger partial charge in [0, 0.05) is 12.6 Å². The molecule has 2 unspecified atom stereocenters. The van der Waals surface area contributed by atoms with E-state index >= 15 is 0 Å². The number of ether oxygens (including phenoxy) is 2. The molecule has 1 aliphatic heterocycles. The lowest BCUT2D eigenvalue weighted by molar-refractivity contribution is -0.0766. The highest BCUT2D eigenvalue weighted by Crippen LogP contribution is 2.34. The van der Waals surface area contributed by atoms with E-state index in [1.165, 1.54) is 5.56 Å². The van der Waals surface area contributed by atoms with Crippen molar-refractivity contribution in [3.05, 3.63) is 29.8 Å². The highest BCUT2D eigenvalue weighted by Gasteiger charge is 2.33. The molecule has 0 bridgehead atoms. The van der Waals surface area contributed by atoms with Gasteiger partial charge in [0.05, 0.1) is 12.7 Å². The molecule has 0 radical (unpaired) electrons. The molecule has 1 heterocycles. The fraction of sp³-hybridized carbons (Fsp3) is 0.538. The highest BCUT2D eigenvalue weighted by molar-refractivity contribution is 5.31. The Balaban J connectivity index is 2.20. The van der Waals surface area contributed by atoms with E-state index in [4.69, 9.17) is 15.2 Å². The first kappa shape index (κ1) is 11.4. The number of nitrogens with two attached hydrogens (primary N) is 1. The first-order valence-electron chi connectivity index (χ1n) is 5.68. The normalized spacial score (nSPS) is 30.1. The molecule has 1 aromatic rings. The molecule has 3 nitrogen and oxygen atoms in total. The molecule has 2 rings (SSSR count). The summed E-state index contributed by atoms with van der Waals surface area (Å²) in [6.07, 6.45) is 1.82. The van der Waals surface area contributed by atoms with Crippen molar-refractivity contribution in [1.82, 2.24) is 0 Å². The summed E-state index contributed by atoms with van der Waals surface area (Å²) in [4.78, 5) is 0. The van der Waals surface area contributed by atoms with Gasteiger partial charge in [-0.2, -0.15) is 0 Å². The Labute approximate surface area is 96.5 Å². The molecule has 1 fully saturated rings. The third-order valence-corrected chi connectivity index (χ3v) is 3.26. The van der Waals surface area contributed by atoms with Gasteiger partial charge in [-0.25, -0.2) is 0 Å². The van der Waals surface area contributed by atoms with Gasteiger partial charge in [-0.1, -0.05) is 12.1 Å². The van der Waals surface area contributed by atoms with Gasteiger partial charge in [-0.3, -0.25) is 0 Å². The van der Waals surface area contributed by atoms with Crippen LogP contribution >= 0.6 is 0 Å². The van der Waals surface area contributed by atoms with Crippen molar-refractivity contribution < 1.29 is 9.47 Å². The van der Waals surface area contributed by atoms with Crippen LogP contribution in [0, 0.1) is 0 Å². The van der Waals surface area contributed by atoms with Crippen molar-refractivity contribution in [2.24, 2.45) is 5.73 Å². The Bertz CT molecular complexity index is 349.